The van der Waals surface area contributed by atoms with E-state index in [1.54, 1.807) is 6.07 Å². The van der Waals surface area contributed by atoms with Gasteiger partial charge in [-0.25, -0.2) is 8.78 Å². The lowest BCUT2D eigenvalue weighted by molar-refractivity contribution is 0.102. The highest BCUT2D eigenvalue weighted by Crippen LogP contribution is 2.20. The van der Waals surface area contributed by atoms with E-state index >= 15 is 0 Å². The van der Waals surface area contributed by atoms with Crippen LogP contribution in [0, 0.1) is 11.6 Å². The summed E-state index contributed by atoms with van der Waals surface area (Å²) in [6.07, 6.45) is 0. The summed E-state index contributed by atoms with van der Waals surface area (Å²) < 4.78 is 26.6. The summed E-state index contributed by atoms with van der Waals surface area (Å²) >= 11 is 6.92. The molecule has 0 bridgehead atoms. The summed E-state index contributed by atoms with van der Waals surface area (Å²) in [5, 5.41) is 2.52. The van der Waals surface area contributed by atoms with Crippen LogP contribution < -0.4 is 5.32 Å². The van der Waals surface area contributed by atoms with Crippen LogP contribution in [0.5, 0.6) is 0 Å². The Morgan fingerprint density at radius 3 is 2.47 bits per heavy atom. The number of anilines is 1. The number of thiol groups is 1. The largest absolute Gasteiger partial charge is 0.322 e. The minimum Gasteiger partial charge on any atom is -0.322 e. The van der Waals surface area contributed by atoms with Crippen molar-refractivity contribution in [3.8, 4) is 0 Å². The van der Waals surface area contributed by atoms with Crippen LogP contribution in [0.3, 0.4) is 0 Å². The van der Waals surface area contributed by atoms with Gasteiger partial charge < -0.3 is 5.32 Å². The van der Waals surface area contributed by atoms with Crippen LogP contribution in [-0.4, -0.2) is 5.91 Å². The molecule has 0 unspecified atom stereocenters. The molecule has 1 N–H and O–H groups in total. The van der Waals surface area contributed by atoms with Gasteiger partial charge in [0, 0.05) is 16.1 Å². The Hall–Kier alpha value is -1.40. The van der Waals surface area contributed by atoms with Gasteiger partial charge in [-0.1, -0.05) is 0 Å². The van der Waals surface area contributed by atoms with Gasteiger partial charge in [0.25, 0.3) is 5.91 Å². The number of halogens is 3. The molecule has 0 aliphatic rings. The van der Waals surface area contributed by atoms with Gasteiger partial charge >= 0.3 is 0 Å². The second-order valence-corrected chi connectivity index (χ2v) is 5.09. The van der Waals surface area contributed by atoms with Crippen molar-refractivity contribution in [1.29, 1.82) is 0 Å². The molecular formula is C13H8BrF2NOS. The van der Waals surface area contributed by atoms with Crippen molar-refractivity contribution in [1.82, 2.24) is 0 Å². The number of hydrogen-bond acceptors (Lipinski definition) is 2. The predicted octanol–water partition coefficient (Wildman–Crippen LogP) is 4.27. The first-order chi connectivity index (χ1) is 8.97. The number of nitrogens with one attached hydrogen (secondary N) is 1. The maximum Gasteiger partial charge on any atom is 0.255 e. The van der Waals surface area contributed by atoms with E-state index in [9.17, 15) is 13.6 Å². The zero-order chi connectivity index (χ0) is 14.0. The van der Waals surface area contributed by atoms with Crippen molar-refractivity contribution >= 4 is 40.2 Å². The summed E-state index contributed by atoms with van der Waals surface area (Å²) in [5.74, 6) is -1.45. The molecule has 0 aliphatic heterocycles. The van der Waals surface area contributed by atoms with Gasteiger partial charge in [-0.3, -0.25) is 4.79 Å². The average Bonchev–Trinajstić information content (AvgIpc) is 2.37. The molecule has 0 aromatic heterocycles. The summed E-state index contributed by atoms with van der Waals surface area (Å²) in [7, 11) is 0. The molecule has 2 rings (SSSR count). The van der Waals surface area contributed by atoms with Crippen molar-refractivity contribution in [3.63, 3.8) is 0 Å². The molecule has 0 radical (unpaired) electrons. The van der Waals surface area contributed by atoms with E-state index in [1.807, 2.05) is 0 Å². The molecule has 0 fully saturated rings. The Morgan fingerprint density at radius 1 is 1.11 bits per heavy atom. The third-order valence-electron chi connectivity index (χ3n) is 2.39. The normalized spacial score (nSPS) is 10.3. The first-order valence-electron chi connectivity index (χ1n) is 5.22. The van der Waals surface area contributed by atoms with Gasteiger partial charge in [0.05, 0.1) is 4.47 Å². The molecule has 2 aromatic rings. The van der Waals surface area contributed by atoms with Crippen LogP contribution in [0.15, 0.2) is 45.8 Å². The lowest BCUT2D eigenvalue weighted by Gasteiger charge is -2.06. The van der Waals surface area contributed by atoms with Crippen molar-refractivity contribution < 1.29 is 13.6 Å². The number of rotatable bonds is 2. The van der Waals surface area contributed by atoms with Crippen LogP contribution in [0.25, 0.3) is 0 Å². The molecule has 0 aliphatic carbocycles. The van der Waals surface area contributed by atoms with E-state index in [1.165, 1.54) is 24.3 Å². The smallest absolute Gasteiger partial charge is 0.255 e. The van der Waals surface area contributed by atoms with Crippen LogP contribution in [0.1, 0.15) is 10.4 Å². The number of benzene rings is 2. The fourth-order valence-electron chi connectivity index (χ4n) is 1.43. The second kappa shape index (κ2) is 5.71. The van der Waals surface area contributed by atoms with Gasteiger partial charge in [0.1, 0.15) is 11.6 Å². The molecular weight excluding hydrogens is 336 g/mol. The third kappa shape index (κ3) is 3.33. The summed E-state index contributed by atoms with van der Waals surface area (Å²) in [6.45, 7) is 0. The number of amides is 1. The maximum absolute atomic E-state index is 13.3. The van der Waals surface area contributed by atoms with E-state index in [4.69, 9.17) is 0 Å². The van der Waals surface area contributed by atoms with E-state index in [-0.39, 0.29) is 10.5 Å². The standard InChI is InChI=1S/C13H8BrF2NOS/c14-9-3-2-8(6-11(9)16)17-13(18)7-1-4-10(15)12(19)5-7/h1-6,19H,(H,17,18). The molecule has 1 amide bonds. The van der Waals surface area contributed by atoms with Gasteiger partial charge in [-0.05, 0) is 52.3 Å². The lowest BCUT2D eigenvalue weighted by atomic mass is 10.2. The zero-order valence-electron chi connectivity index (χ0n) is 9.45. The molecule has 0 atom stereocenters. The lowest BCUT2D eigenvalue weighted by Crippen LogP contribution is -2.12. The molecule has 6 heteroatoms. The number of carbonyl (C=O) groups excluding carboxylic acids is 1. The minimum absolute atomic E-state index is 0.0784. The fourth-order valence-corrected chi connectivity index (χ4v) is 1.89. The Labute approximate surface area is 122 Å². The van der Waals surface area contributed by atoms with Crippen molar-refractivity contribution in [2.45, 2.75) is 4.90 Å². The van der Waals surface area contributed by atoms with Gasteiger partial charge in [-0.2, -0.15) is 0 Å². The SMILES string of the molecule is O=C(Nc1ccc(Br)c(F)c1)c1ccc(F)c(S)c1. The first-order valence-corrected chi connectivity index (χ1v) is 6.46. The molecule has 0 saturated heterocycles. The molecule has 98 valence electrons. The highest BCUT2D eigenvalue weighted by molar-refractivity contribution is 9.10. The molecule has 0 spiro atoms. The summed E-state index contributed by atoms with van der Waals surface area (Å²) in [4.78, 5) is 12.0. The first kappa shape index (κ1) is 14.0. The highest BCUT2D eigenvalue weighted by Gasteiger charge is 2.09. The van der Waals surface area contributed by atoms with Crippen LogP contribution in [0.2, 0.25) is 0 Å². The summed E-state index contributed by atoms with van der Waals surface area (Å²) in [6, 6.07) is 8.02. The molecule has 19 heavy (non-hydrogen) atoms. The highest BCUT2D eigenvalue weighted by atomic mass is 79.9. The molecule has 0 saturated carbocycles. The third-order valence-corrected chi connectivity index (χ3v) is 3.37. The Kier molecular flexibility index (Phi) is 4.21. The summed E-state index contributed by atoms with van der Waals surface area (Å²) in [5.41, 5.74) is 0.561. The molecule has 2 aromatic carbocycles. The van der Waals surface area contributed by atoms with Gasteiger partial charge in [0.2, 0.25) is 0 Å². The molecule has 2 nitrogen and oxygen atoms in total. The van der Waals surface area contributed by atoms with Crippen LogP contribution in [-0.2, 0) is 0 Å². The zero-order valence-corrected chi connectivity index (χ0v) is 11.9. The Balaban J connectivity index is 2.20. The van der Waals surface area contributed by atoms with Crippen molar-refractivity contribution in [2.24, 2.45) is 0 Å². The van der Waals surface area contributed by atoms with E-state index in [0.717, 1.165) is 6.07 Å². The number of carbonyl (C=O) groups is 1. The van der Waals surface area contributed by atoms with Gasteiger partial charge in [0.15, 0.2) is 0 Å². The Bertz CT molecular complexity index is 649. The monoisotopic (exact) mass is 343 g/mol. The maximum atomic E-state index is 13.3. The van der Waals surface area contributed by atoms with E-state index in [2.05, 4.69) is 33.9 Å². The van der Waals surface area contributed by atoms with Gasteiger partial charge in [-0.15, -0.1) is 12.6 Å². The van der Waals surface area contributed by atoms with Crippen molar-refractivity contribution in [3.05, 3.63) is 58.1 Å². The Morgan fingerprint density at radius 2 is 1.84 bits per heavy atom. The van der Waals surface area contributed by atoms with Crippen LogP contribution in [0.4, 0.5) is 14.5 Å². The fraction of sp³-hybridized carbons (Fsp3) is 0. The number of hydrogen-bond donors (Lipinski definition) is 2. The average molecular weight is 344 g/mol. The predicted molar refractivity (Wildman–Crippen MR) is 75.7 cm³/mol. The quantitative estimate of drug-likeness (QED) is 0.783. The van der Waals surface area contributed by atoms with Crippen molar-refractivity contribution in [2.75, 3.05) is 5.32 Å². The topological polar surface area (TPSA) is 29.1 Å². The second-order valence-electron chi connectivity index (χ2n) is 3.75. The van der Waals surface area contributed by atoms with Crippen LogP contribution >= 0.6 is 28.6 Å². The molecule has 0 heterocycles. The van der Waals surface area contributed by atoms with E-state index < -0.39 is 17.5 Å². The van der Waals surface area contributed by atoms with E-state index in [0.29, 0.717) is 10.2 Å². The minimum atomic E-state index is -0.505.